The van der Waals surface area contributed by atoms with Crippen molar-refractivity contribution in [2.45, 2.75) is 39.7 Å². The summed E-state index contributed by atoms with van der Waals surface area (Å²) < 4.78 is 5.40. The van der Waals surface area contributed by atoms with Crippen molar-refractivity contribution < 1.29 is 9.84 Å². The predicted octanol–water partition coefficient (Wildman–Crippen LogP) is 4.39. The van der Waals surface area contributed by atoms with Crippen LogP contribution in [0.4, 0.5) is 5.69 Å². The molecule has 3 heterocycles. The lowest BCUT2D eigenvalue weighted by Gasteiger charge is -2.27. The highest BCUT2D eigenvalue weighted by Gasteiger charge is 2.16. The van der Waals surface area contributed by atoms with Crippen molar-refractivity contribution in [2.24, 2.45) is 5.10 Å². The molecule has 0 unspecified atom stereocenters. The van der Waals surface area contributed by atoms with Crippen LogP contribution in [-0.2, 0) is 6.54 Å². The zero-order valence-electron chi connectivity index (χ0n) is 18.4. The third-order valence-corrected chi connectivity index (χ3v) is 5.58. The molecule has 1 aliphatic rings. The Labute approximate surface area is 182 Å². The van der Waals surface area contributed by atoms with Gasteiger partial charge in [-0.1, -0.05) is 6.42 Å². The minimum atomic E-state index is 0.204. The van der Waals surface area contributed by atoms with Gasteiger partial charge >= 0.3 is 0 Å². The van der Waals surface area contributed by atoms with E-state index in [0.29, 0.717) is 17.9 Å². The zero-order valence-corrected chi connectivity index (χ0v) is 18.4. The molecular formula is C24H29N5O2. The molecule has 0 spiro atoms. The number of phenolic OH excluding ortho intramolecular Hbond substituents is 1. The lowest BCUT2D eigenvalue weighted by molar-refractivity contribution is 0.218. The fourth-order valence-corrected chi connectivity index (χ4v) is 3.99. The number of hydrogen-bond acceptors (Lipinski definition) is 7. The fraction of sp³-hybridized carbons (Fsp3) is 0.375. The van der Waals surface area contributed by atoms with Crippen molar-refractivity contribution in [3.05, 3.63) is 52.8 Å². The number of benzene rings is 1. The molecule has 4 rings (SSSR count). The summed E-state index contributed by atoms with van der Waals surface area (Å²) in [5.41, 5.74) is 8.19. The summed E-state index contributed by atoms with van der Waals surface area (Å²) in [4.78, 5) is 11.4. The molecule has 7 nitrogen and oxygen atoms in total. The number of likely N-dealkylation sites (tertiary alicyclic amines) is 1. The van der Waals surface area contributed by atoms with Gasteiger partial charge in [0.2, 0.25) is 0 Å². The van der Waals surface area contributed by atoms with E-state index >= 15 is 0 Å². The van der Waals surface area contributed by atoms with Crippen molar-refractivity contribution in [1.82, 2.24) is 14.9 Å². The molecule has 2 aromatic heterocycles. The molecule has 0 radical (unpaired) electrons. The van der Waals surface area contributed by atoms with Crippen LogP contribution in [0.5, 0.6) is 11.5 Å². The average Bonchev–Trinajstić information content (AvgIpc) is 2.76. The Morgan fingerprint density at radius 3 is 2.65 bits per heavy atom. The van der Waals surface area contributed by atoms with E-state index < -0.39 is 0 Å². The molecular weight excluding hydrogens is 390 g/mol. The van der Waals surface area contributed by atoms with E-state index in [2.05, 4.69) is 25.4 Å². The van der Waals surface area contributed by atoms with Crippen LogP contribution in [-0.4, -0.2) is 46.4 Å². The summed E-state index contributed by atoms with van der Waals surface area (Å²) in [5, 5.41) is 15.9. The van der Waals surface area contributed by atoms with E-state index in [-0.39, 0.29) is 5.75 Å². The van der Waals surface area contributed by atoms with Crippen molar-refractivity contribution in [3.8, 4) is 11.5 Å². The van der Waals surface area contributed by atoms with Crippen LogP contribution >= 0.6 is 0 Å². The predicted molar refractivity (Wildman–Crippen MR) is 124 cm³/mol. The van der Waals surface area contributed by atoms with Gasteiger partial charge in [-0.3, -0.25) is 10.3 Å². The molecule has 31 heavy (non-hydrogen) atoms. The van der Waals surface area contributed by atoms with Crippen LogP contribution in [0.2, 0.25) is 0 Å². The van der Waals surface area contributed by atoms with Crippen LogP contribution < -0.4 is 10.2 Å². The van der Waals surface area contributed by atoms with Gasteiger partial charge in [0, 0.05) is 28.9 Å². The number of anilines is 1. The third kappa shape index (κ3) is 4.94. The lowest BCUT2D eigenvalue weighted by atomic mass is 10.1. The molecule has 0 bridgehead atoms. The minimum absolute atomic E-state index is 0.204. The van der Waals surface area contributed by atoms with Gasteiger partial charge in [-0.15, -0.1) is 0 Å². The Bertz CT molecular complexity index is 1100. The number of ether oxygens (including phenoxy) is 1. The number of pyridine rings is 2. The van der Waals surface area contributed by atoms with Crippen molar-refractivity contribution >= 4 is 22.9 Å². The number of hydrazone groups is 1. The van der Waals surface area contributed by atoms with E-state index in [4.69, 9.17) is 4.74 Å². The standard InChI is InChI=1S/C24H29N5O2/c1-16-7-8-20-21(11-17(2)27-24(20)26-16)28-25-14-18-12-19(23(30)22(13-18)31-3)15-29-9-5-4-6-10-29/h7-8,11-14,30H,4-6,9-10,15H2,1-3H3,(H,26,27,28)/b25-14+. The first-order valence-electron chi connectivity index (χ1n) is 10.7. The van der Waals surface area contributed by atoms with E-state index in [0.717, 1.165) is 46.7 Å². The molecule has 162 valence electrons. The fourth-order valence-electron chi connectivity index (χ4n) is 3.99. The quantitative estimate of drug-likeness (QED) is 0.455. The van der Waals surface area contributed by atoms with Gasteiger partial charge in [-0.25, -0.2) is 9.97 Å². The Balaban J connectivity index is 1.57. The van der Waals surface area contributed by atoms with E-state index in [1.54, 1.807) is 19.4 Å². The van der Waals surface area contributed by atoms with Gasteiger partial charge in [-0.05, 0) is 75.7 Å². The first-order valence-corrected chi connectivity index (χ1v) is 10.7. The van der Waals surface area contributed by atoms with Crippen molar-refractivity contribution in [2.75, 3.05) is 25.6 Å². The minimum Gasteiger partial charge on any atom is -0.504 e. The van der Waals surface area contributed by atoms with Crippen LogP contribution in [0.25, 0.3) is 11.0 Å². The molecule has 0 saturated carbocycles. The average molecular weight is 420 g/mol. The number of aromatic hydroxyl groups is 1. The highest BCUT2D eigenvalue weighted by Crippen LogP contribution is 2.32. The molecule has 7 heteroatoms. The smallest absolute Gasteiger partial charge is 0.162 e. The summed E-state index contributed by atoms with van der Waals surface area (Å²) in [5.74, 6) is 0.663. The first kappa shape index (κ1) is 21.1. The number of hydrogen-bond donors (Lipinski definition) is 2. The third-order valence-electron chi connectivity index (χ3n) is 5.58. The Morgan fingerprint density at radius 2 is 1.87 bits per heavy atom. The molecule has 2 N–H and O–H groups in total. The summed E-state index contributed by atoms with van der Waals surface area (Å²) in [6, 6.07) is 9.68. The maximum absolute atomic E-state index is 10.6. The van der Waals surface area contributed by atoms with Crippen LogP contribution in [0, 0.1) is 13.8 Å². The summed E-state index contributed by atoms with van der Waals surface area (Å²) in [6.45, 7) is 6.72. The Kier molecular flexibility index (Phi) is 6.32. The van der Waals surface area contributed by atoms with Crippen molar-refractivity contribution in [1.29, 1.82) is 0 Å². The number of nitrogens with zero attached hydrogens (tertiary/aromatic N) is 4. The molecule has 0 aliphatic carbocycles. The maximum Gasteiger partial charge on any atom is 0.162 e. The maximum atomic E-state index is 10.6. The van der Waals surface area contributed by atoms with Crippen LogP contribution in [0.15, 0.2) is 35.4 Å². The van der Waals surface area contributed by atoms with E-state index in [1.807, 2.05) is 38.1 Å². The summed E-state index contributed by atoms with van der Waals surface area (Å²) in [6.07, 6.45) is 5.43. The second kappa shape index (κ2) is 9.31. The van der Waals surface area contributed by atoms with Crippen LogP contribution in [0.3, 0.4) is 0 Å². The van der Waals surface area contributed by atoms with Gasteiger partial charge in [-0.2, -0.15) is 5.10 Å². The molecule has 1 fully saturated rings. The topological polar surface area (TPSA) is 82.9 Å². The molecule has 1 aromatic carbocycles. The monoisotopic (exact) mass is 419 g/mol. The second-order valence-corrected chi connectivity index (χ2v) is 8.07. The number of rotatable bonds is 6. The molecule has 0 atom stereocenters. The van der Waals surface area contributed by atoms with Gasteiger partial charge in [0.05, 0.1) is 19.0 Å². The number of nitrogens with one attached hydrogen (secondary N) is 1. The zero-order chi connectivity index (χ0) is 21.8. The molecule has 0 amide bonds. The number of aryl methyl sites for hydroxylation is 2. The number of piperidine rings is 1. The number of aromatic nitrogens is 2. The number of methoxy groups -OCH3 is 1. The number of fused-ring (bicyclic) bond motifs is 1. The molecule has 1 aliphatic heterocycles. The molecule has 1 saturated heterocycles. The summed E-state index contributed by atoms with van der Waals surface area (Å²) >= 11 is 0. The van der Waals surface area contributed by atoms with Gasteiger partial charge in [0.1, 0.15) is 0 Å². The van der Waals surface area contributed by atoms with E-state index in [1.165, 1.54) is 19.3 Å². The van der Waals surface area contributed by atoms with Gasteiger partial charge in [0.15, 0.2) is 17.1 Å². The Morgan fingerprint density at radius 1 is 1.10 bits per heavy atom. The Hall–Kier alpha value is -3.19. The normalized spacial score (nSPS) is 14.9. The highest BCUT2D eigenvalue weighted by molar-refractivity contribution is 5.90. The second-order valence-electron chi connectivity index (χ2n) is 8.07. The SMILES string of the molecule is COc1cc(/C=N/Nc2cc(C)nc3nc(C)ccc23)cc(CN2CCCCC2)c1O. The first-order chi connectivity index (χ1) is 15.0. The van der Waals surface area contributed by atoms with Crippen molar-refractivity contribution in [3.63, 3.8) is 0 Å². The summed E-state index contributed by atoms with van der Waals surface area (Å²) in [7, 11) is 1.57. The lowest BCUT2D eigenvalue weighted by Crippen LogP contribution is -2.29. The highest BCUT2D eigenvalue weighted by atomic mass is 16.5. The van der Waals surface area contributed by atoms with E-state index in [9.17, 15) is 5.11 Å². The largest absolute Gasteiger partial charge is 0.504 e. The van der Waals surface area contributed by atoms with Crippen LogP contribution in [0.1, 0.15) is 41.8 Å². The number of phenols is 1. The molecule has 3 aromatic rings. The van der Waals surface area contributed by atoms with Gasteiger partial charge < -0.3 is 9.84 Å². The van der Waals surface area contributed by atoms with Gasteiger partial charge in [0.25, 0.3) is 0 Å².